The van der Waals surface area contributed by atoms with Gasteiger partial charge in [-0.15, -0.1) is 11.6 Å². The van der Waals surface area contributed by atoms with Gasteiger partial charge in [0.05, 0.1) is 5.56 Å². The van der Waals surface area contributed by atoms with Crippen LogP contribution in [-0.2, 0) is 6.42 Å². The molecular weight excluding hydrogens is 405 g/mol. The maximum atomic E-state index is 12.2. The van der Waals surface area contributed by atoms with E-state index in [0.717, 1.165) is 26.6 Å². The molecule has 0 aliphatic carbocycles. The minimum atomic E-state index is -0.150. The molecule has 1 N–H and O–H groups in total. The molecule has 5 heteroatoms. The van der Waals surface area contributed by atoms with Crippen molar-refractivity contribution < 1.29 is 4.79 Å². The van der Waals surface area contributed by atoms with Gasteiger partial charge in [-0.1, -0.05) is 28.1 Å². The molecule has 0 unspecified atom stereocenters. The highest BCUT2D eigenvalue weighted by Crippen LogP contribution is 2.22. The van der Waals surface area contributed by atoms with Crippen molar-refractivity contribution in [1.82, 2.24) is 0 Å². The van der Waals surface area contributed by atoms with Crippen molar-refractivity contribution in [1.29, 1.82) is 0 Å². The molecule has 0 bridgehead atoms. The number of hydrogen-bond donors (Lipinski definition) is 1. The summed E-state index contributed by atoms with van der Waals surface area (Å²) < 4.78 is 1.63. The monoisotopic (exact) mass is 415 g/mol. The molecule has 20 heavy (non-hydrogen) atoms. The van der Waals surface area contributed by atoms with Gasteiger partial charge in [0.15, 0.2) is 0 Å². The Hall–Kier alpha value is -0.840. The molecule has 0 aromatic heterocycles. The lowest BCUT2D eigenvalue weighted by molar-refractivity contribution is 0.102. The van der Waals surface area contributed by atoms with Gasteiger partial charge in [-0.25, -0.2) is 0 Å². The zero-order valence-corrected chi connectivity index (χ0v) is 14.4. The maximum Gasteiger partial charge on any atom is 0.256 e. The van der Waals surface area contributed by atoms with Crippen LogP contribution in [0.3, 0.4) is 0 Å². The molecule has 0 heterocycles. The SMILES string of the molecule is O=C(Nc1ccc(CCCl)cc1)c1cc(Br)ccc1Br. The lowest BCUT2D eigenvalue weighted by Crippen LogP contribution is -2.12. The Bertz CT molecular complexity index is 614. The molecule has 2 aromatic carbocycles. The number of anilines is 1. The second kappa shape index (κ2) is 7.25. The van der Waals surface area contributed by atoms with Gasteiger partial charge in [0.1, 0.15) is 0 Å². The van der Waals surface area contributed by atoms with Gasteiger partial charge < -0.3 is 5.32 Å². The van der Waals surface area contributed by atoms with Gasteiger partial charge in [0, 0.05) is 20.5 Å². The molecule has 0 spiro atoms. The first-order chi connectivity index (χ1) is 9.60. The normalized spacial score (nSPS) is 10.3. The quantitative estimate of drug-likeness (QED) is 0.677. The maximum absolute atomic E-state index is 12.2. The zero-order valence-electron chi connectivity index (χ0n) is 10.5. The van der Waals surface area contributed by atoms with Crippen LogP contribution in [0.1, 0.15) is 15.9 Å². The van der Waals surface area contributed by atoms with E-state index in [1.165, 1.54) is 0 Å². The third kappa shape index (κ3) is 4.08. The van der Waals surface area contributed by atoms with E-state index in [1.807, 2.05) is 36.4 Å². The Morgan fingerprint density at radius 3 is 2.45 bits per heavy atom. The van der Waals surface area contributed by atoms with Crippen LogP contribution < -0.4 is 5.32 Å². The summed E-state index contributed by atoms with van der Waals surface area (Å²) in [5.74, 6) is 0.444. The summed E-state index contributed by atoms with van der Waals surface area (Å²) in [4.78, 5) is 12.2. The molecule has 0 saturated carbocycles. The van der Waals surface area contributed by atoms with Crippen molar-refractivity contribution in [2.45, 2.75) is 6.42 Å². The standard InChI is InChI=1S/C15H12Br2ClNO/c16-11-3-6-14(17)13(9-11)15(20)19-12-4-1-10(2-5-12)7-8-18/h1-6,9H,7-8H2,(H,19,20). The molecule has 0 aliphatic rings. The number of halogens is 3. The number of nitrogens with one attached hydrogen (secondary N) is 1. The van der Waals surface area contributed by atoms with Crippen LogP contribution in [0.15, 0.2) is 51.4 Å². The number of rotatable bonds is 4. The van der Waals surface area contributed by atoms with Gasteiger partial charge in [-0.2, -0.15) is 0 Å². The predicted molar refractivity (Wildman–Crippen MR) is 90.7 cm³/mol. The van der Waals surface area contributed by atoms with E-state index in [9.17, 15) is 4.79 Å². The molecule has 2 aromatic rings. The van der Waals surface area contributed by atoms with Crippen molar-refractivity contribution in [2.24, 2.45) is 0 Å². The number of benzene rings is 2. The second-order valence-corrected chi connectivity index (χ2v) is 6.36. The van der Waals surface area contributed by atoms with Crippen molar-refractivity contribution >= 4 is 55.1 Å². The van der Waals surface area contributed by atoms with Crippen LogP contribution in [0.5, 0.6) is 0 Å². The molecule has 0 radical (unpaired) electrons. The Morgan fingerprint density at radius 1 is 1.10 bits per heavy atom. The molecule has 0 fully saturated rings. The molecular formula is C15H12Br2ClNO. The summed E-state index contributed by atoms with van der Waals surface area (Å²) in [7, 11) is 0. The van der Waals surface area contributed by atoms with E-state index in [2.05, 4.69) is 37.2 Å². The first kappa shape index (κ1) is 15.5. The molecule has 1 amide bonds. The van der Waals surface area contributed by atoms with Crippen LogP contribution in [-0.4, -0.2) is 11.8 Å². The minimum Gasteiger partial charge on any atom is -0.322 e. The number of carbonyl (C=O) groups is 1. The van der Waals surface area contributed by atoms with Gasteiger partial charge >= 0.3 is 0 Å². The van der Waals surface area contributed by atoms with Crippen LogP contribution in [0.4, 0.5) is 5.69 Å². The van der Waals surface area contributed by atoms with Crippen LogP contribution in [0.2, 0.25) is 0 Å². The Balaban J connectivity index is 2.13. The minimum absolute atomic E-state index is 0.150. The molecule has 0 saturated heterocycles. The van der Waals surface area contributed by atoms with E-state index in [-0.39, 0.29) is 5.91 Å². The Morgan fingerprint density at radius 2 is 1.80 bits per heavy atom. The summed E-state index contributed by atoms with van der Waals surface area (Å²) in [6, 6.07) is 13.2. The molecule has 2 rings (SSSR count). The third-order valence-electron chi connectivity index (χ3n) is 2.77. The van der Waals surface area contributed by atoms with Crippen LogP contribution in [0, 0.1) is 0 Å². The van der Waals surface area contributed by atoms with Crippen molar-refractivity contribution in [3.8, 4) is 0 Å². The third-order valence-corrected chi connectivity index (χ3v) is 4.14. The lowest BCUT2D eigenvalue weighted by atomic mass is 10.1. The molecule has 0 aliphatic heterocycles. The lowest BCUT2D eigenvalue weighted by Gasteiger charge is -2.08. The fourth-order valence-corrected chi connectivity index (χ4v) is 2.74. The summed E-state index contributed by atoms with van der Waals surface area (Å²) in [5, 5.41) is 2.87. The summed E-state index contributed by atoms with van der Waals surface area (Å²) >= 11 is 12.4. The largest absolute Gasteiger partial charge is 0.322 e. The predicted octanol–water partition coefficient (Wildman–Crippen LogP) is 5.25. The smallest absolute Gasteiger partial charge is 0.256 e. The van der Waals surface area contributed by atoms with Crippen LogP contribution in [0.25, 0.3) is 0 Å². The molecule has 104 valence electrons. The van der Waals surface area contributed by atoms with Crippen molar-refractivity contribution in [3.63, 3.8) is 0 Å². The highest BCUT2D eigenvalue weighted by molar-refractivity contribution is 9.11. The Labute approximate surface area is 139 Å². The van der Waals surface area contributed by atoms with Gasteiger partial charge in [0.2, 0.25) is 0 Å². The highest BCUT2D eigenvalue weighted by Gasteiger charge is 2.10. The summed E-state index contributed by atoms with van der Waals surface area (Å²) in [6.07, 6.45) is 0.826. The molecule has 0 atom stereocenters. The topological polar surface area (TPSA) is 29.1 Å². The van der Waals surface area contributed by atoms with E-state index < -0.39 is 0 Å². The zero-order chi connectivity index (χ0) is 14.5. The van der Waals surface area contributed by atoms with E-state index >= 15 is 0 Å². The summed E-state index contributed by atoms with van der Waals surface area (Å²) in [5.41, 5.74) is 2.51. The van der Waals surface area contributed by atoms with E-state index in [0.29, 0.717) is 11.4 Å². The van der Waals surface area contributed by atoms with Gasteiger partial charge in [-0.05, 0) is 58.2 Å². The average molecular weight is 418 g/mol. The first-order valence-electron chi connectivity index (χ1n) is 6.01. The second-order valence-electron chi connectivity index (χ2n) is 4.21. The van der Waals surface area contributed by atoms with E-state index in [4.69, 9.17) is 11.6 Å². The fourth-order valence-electron chi connectivity index (χ4n) is 1.73. The highest BCUT2D eigenvalue weighted by atomic mass is 79.9. The van der Waals surface area contributed by atoms with Gasteiger partial charge in [-0.3, -0.25) is 4.79 Å². The number of amides is 1. The van der Waals surface area contributed by atoms with Gasteiger partial charge in [0.25, 0.3) is 5.91 Å². The number of alkyl halides is 1. The molecule has 2 nitrogen and oxygen atoms in total. The first-order valence-corrected chi connectivity index (χ1v) is 8.13. The number of aryl methyl sites for hydroxylation is 1. The average Bonchev–Trinajstić information content (AvgIpc) is 2.44. The van der Waals surface area contributed by atoms with Crippen molar-refractivity contribution in [3.05, 3.63) is 62.5 Å². The van der Waals surface area contributed by atoms with Crippen LogP contribution >= 0.6 is 43.5 Å². The number of carbonyl (C=O) groups excluding carboxylic acids is 1. The summed E-state index contributed by atoms with van der Waals surface area (Å²) in [6.45, 7) is 0. The Kier molecular flexibility index (Phi) is 5.64. The fraction of sp³-hybridized carbons (Fsp3) is 0.133. The van der Waals surface area contributed by atoms with Crippen molar-refractivity contribution in [2.75, 3.05) is 11.2 Å². The van der Waals surface area contributed by atoms with E-state index in [1.54, 1.807) is 6.07 Å². The number of hydrogen-bond acceptors (Lipinski definition) is 1.